The molecule has 2 heterocycles. The van der Waals surface area contributed by atoms with E-state index in [1.807, 2.05) is 12.4 Å². The molecule has 1 aromatic rings. The van der Waals surface area contributed by atoms with Crippen LogP contribution in [0.2, 0.25) is 0 Å². The van der Waals surface area contributed by atoms with Gasteiger partial charge in [0.15, 0.2) is 0 Å². The van der Waals surface area contributed by atoms with E-state index in [0.717, 1.165) is 31.2 Å². The van der Waals surface area contributed by atoms with E-state index >= 15 is 0 Å². The molecule has 0 saturated carbocycles. The van der Waals surface area contributed by atoms with Crippen LogP contribution in [-0.2, 0) is 16.6 Å². The van der Waals surface area contributed by atoms with Crippen LogP contribution in [0.4, 0.5) is 0 Å². The first-order valence-corrected chi connectivity index (χ1v) is 9.19. The average Bonchev–Trinajstić information content (AvgIpc) is 2.77. The molecule has 0 unspecified atom stereocenters. The minimum atomic E-state index is -3.27. The molecular weight excluding hydrogens is 280 g/mol. The third-order valence-electron chi connectivity index (χ3n) is 3.42. The van der Waals surface area contributed by atoms with Gasteiger partial charge in [0, 0.05) is 19.6 Å². The Balaban J connectivity index is 2.14. The Labute approximate surface area is 119 Å². The quantitative estimate of drug-likeness (QED) is 0.929. The fourth-order valence-electron chi connectivity index (χ4n) is 2.37. The maximum atomic E-state index is 12.6. The minimum absolute atomic E-state index is 0.485. The van der Waals surface area contributed by atoms with Crippen LogP contribution in [0.1, 0.15) is 37.7 Å². The molecule has 0 amide bonds. The first kappa shape index (κ1) is 15.0. The molecule has 0 bridgehead atoms. The van der Waals surface area contributed by atoms with Gasteiger partial charge in [-0.2, -0.15) is 4.31 Å². The predicted molar refractivity (Wildman–Crippen MR) is 78.9 cm³/mol. The first-order chi connectivity index (χ1) is 9.14. The van der Waals surface area contributed by atoms with Crippen molar-refractivity contribution in [3.63, 3.8) is 0 Å². The minimum Gasteiger partial charge on any atom is -0.316 e. The molecular formula is C13H22N2O2S2. The number of sulfonamides is 1. The number of hydrogen-bond acceptors (Lipinski definition) is 4. The van der Waals surface area contributed by atoms with Crippen molar-refractivity contribution < 1.29 is 8.42 Å². The van der Waals surface area contributed by atoms with Gasteiger partial charge in [-0.1, -0.05) is 19.3 Å². The molecule has 0 spiro atoms. The van der Waals surface area contributed by atoms with Gasteiger partial charge in [-0.05, 0) is 36.9 Å². The van der Waals surface area contributed by atoms with E-state index in [0.29, 0.717) is 23.8 Å². The zero-order chi connectivity index (χ0) is 13.7. The normalized spacial score (nSPS) is 19.0. The highest BCUT2D eigenvalue weighted by molar-refractivity contribution is 7.91. The fraction of sp³-hybridized carbons (Fsp3) is 0.692. The van der Waals surface area contributed by atoms with Crippen molar-refractivity contribution in [1.82, 2.24) is 9.62 Å². The number of nitrogens with one attached hydrogen (secondary N) is 1. The predicted octanol–water partition coefficient (Wildman–Crippen LogP) is 2.42. The summed E-state index contributed by atoms with van der Waals surface area (Å²) in [7, 11) is -1.41. The largest absolute Gasteiger partial charge is 0.316 e. The third kappa shape index (κ3) is 3.78. The molecule has 1 saturated heterocycles. The molecule has 0 atom stereocenters. The molecule has 1 aliphatic rings. The third-order valence-corrected chi connectivity index (χ3v) is 6.78. The number of rotatable bonds is 4. The standard InChI is InChI=1S/C13H22N2O2S2/c1-14-10-12-9-13(18-11-12)19(16,17)15-7-5-3-2-4-6-8-15/h9,11,14H,2-8,10H2,1H3. The maximum absolute atomic E-state index is 12.6. The van der Waals surface area contributed by atoms with Crippen LogP contribution in [-0.4, -0.2) is 32.9 Å². The Morgan fingerprint density at radius 3 is 2.47 bits per heavy atom. The monoisotopic (exact) mass is 302 g/mol. The van der Waals surface area contributed by atoms with Crippen LogP contribution in [0.15, 0.2) is 15.7 Å². The molecule has 6 heteroatoms. The van der Waals surface area contributed by atoms with Crippen molar-refractivity contribution in [3.05, 3.63) is 17.0 Å². The van der Waals surface area contributed by atoms with Crippen molar-refractivity contribution in [2.24, 2.45) is 0 Å². The Morgan fingerprint density at radius 1 is 1.21 bits per heavy atom. The van der Waals surface area contributed by atoms with Crippen LogP contribution in [0.3, 0.4) is 0 Å². The SMILES string of the molecule is CNCc1csc(S(=O)(=O)N2CCCCCCC2)c1. The first-order valence-electron chi connectivity index (χ1n) is 6.87. The summed E-state index contributed by atoms with van der Waals surface area (Å²) in [4.78, 5) is 0. The van der Waals surface area contributed by atoms with E-state index in [1.165, 1.54) is 17.8 Å². The molecule has 1 aliphatic heterocycles. The molecule has 0 aliphatic carbocycles. The summed E-state index contributed by atoms with van der Waals surface area (Å²) in [5.74, 6) is 0. The maximum Gasteiger partial charge on any atom is 0.252 e. The van der Waals surface area contributed by atoms with Crippen molar-refractivity contribution >= 4 is 21.4 Å². The van der Waals surface area contributed by atoms with Gasteiger partial charge in [0.2, 0.25) is 0 Å². The molecule has 0 radical (unpaired) electrons. The van der Waals surface area contributed by atoms with Crippen LogP contribution < -0.4 is 5.32 Å². The van der Waals surface area contributed by atoms with Gasteiger partial charge in [-0.25, -0.2) is 8.42 Å². The lowest BCUT2D eigenvalue weighted by Crippen LogP contribution is -2.33. The second-order valence-corrected chi connectivity index (χ2v) is 8.05. The lowest BCUT2D eigenvalue weighted by molar-refractivity contribution is 0.365. The van der Waals surface area contributed by atoms with E-state index in [-0.39, 0.29) is 0 Å². The molecule has 0 aromatic carbocycles. The zero-order valence-corrected chi connectivity index (χ0v) is 13.0. The van der Waals surface area contributed by atoms with E-state index in [9.17, 15) is 8.42 Å². The Kier molecular flexibility index (Phi) is 5.38. The average molecular weight is 302 g/mol. The van der Waals surface area contributed by atoms with Gasteiger partial charge in [0.05, 0.1) is 0 Å². The Morgan fingerprint density at radius 2 is 1.84 bits per heavy atom. The Hall–Kier alpha value is -0.430. The second kappa shape index (κ2) is 6.83. The fourth-order valence-corrected chi connectivity index (χ4v) is 5.25. The summed E-state index contributed by atoms with van der Waals surface area (Å²) in [6, 6.07) is 1.80. The molecule has 2 rings (SSSR count). The lowest BCUT2D eigenvalue weighted by atomic mass is 10.1. The summed E-state index contributed by atoms with van der Waals surface area (Å²) >= 11 is 1.33. The highest BCUT2D eigenvalue weighted by atomic mass is 32.2. The van der Waals surface area contributed by atoms with Crippen molar-refractivity contribution in [2.75, 3.05) is 20.1 Å². The summed E-state index contributed by atoms with van der Waals surface area (Å²) in [5, 5.41) is 4.97. The zero-order valence-electron chi connectivity index (χ0n) is 11.4. The van der Waals surface area contributed by atoms with Crippen LogP contribution in [0, 0.1) is 0 Å². The Bertz CT molecular complexity index is 488. The topological polar surface area (TPSA) is 49.4 Å². The number of thiophene rings is 1. The van der Waals surface area contributed by atoms with Crippen molar-refractivity contribution in [2.45, 2.75) is 42.9 Å². The molecule has 1 aromatic heterocycles. The number of hydrogen-bond donors (Lipinski definition) is 1. The van der Waals surface area contributed by atoms with Gasteiger partial charge in [-0.3, -0.25) is 0 Å². The summed E-state index contributed by atoms with van der Waals surface area (Å²) in [6.07, 6.45) is 5.48. The molecule has 1 fully saturated rings. The van der Waals surface area contributed by atoms with Gasteiger partial charge < -0.3 is 5.32 Å². The molecule has 108 valence electrons. The highest BCUT2D eigenvalue weighted by Crippen LogP contribution is 2.25. The molecule has 4 nitrogen and oxygen atoms in total. The molecule has 19 heavy (non-hydrogen) atoms. The van der Waals surface area contributed by atoms with Gasteiger partial charge in [-0.15, -0.1) is 11.3 Å². The van der Waals surface area contributed by atoms with Crippen LogP contribution in [0.5, 0.6) is 0 Å². The second-order valence-electron chi connectivity index (χ2n) is 4.98. The van der Waals surface area contributed by atoms with Gasteiger partial charge in [0.1, 0.15) is 4.21 Å². The summed E-state index contributed by atoms with van der Waals surface area (Å²) in [5.41, 5.74) is 1.04. The van der Waals surface area contributed by atoms with E-state index in [1.54, 1.807) is 10.4 Å². The lowest BCUT2D eigenvalue weighted by Gasteiger charge is -2.23. The highest BCUT2D eigenvalue weighted by Gasteiger charge is 2.26. The van der Waals surface area contributed by atoms with Crippen LogP contribution in [0.25, 0.3) is 0 Å². The van der Waals surface area contributed by atoms with Crippen molar-refractivity contribution in [1.29, 1.82) is 0 Å². The molecule has 1 N–H and O–H groups in total. The summed E-state index contributed by atoms with van der Waals surface area (Å²) < 4.78 is 27.3. The van der Waals surface area contributed by atoms with Gasteiger partial charge in [0.25, 0.3) is 10.0 Å². The van der Waals surface area contributed by atoms with E-state index in [4.69, 9.17) is 0 Å². The summed E-state index contributed by atoms with van der Waals surface area (Å²) in [6.45, 7) is 2.05. The van der Waals surface area contributed by atoms with E-state index in [2.05, 4.69) is 5.32 Å². The smallest absolute Gasteiger partial charge is 0.252 e. The van der Waals surface area contributed by atoms with Crippen molar-refractivity contribution in [3.8, 4) is 0 Å². The van der Waals surface area contributed by atoms with Crippen LogP contribution >= 0.6 is 11.3 Å². The van der Waals surface area contributed by atoms with E-state index < -0.39 is 10.0 Å². The van der Waals surface area contributed by atoms with Gasteiger partial charge >= 0.3 is 0 Å². The number of nitrogens with zero attached hydrogens (tertiary/aromatic N) is 1.